The van der Waals surface area contributed by atoms with E-state index in [1.807, 2.05) is 12.1 Å². The summed E-state index contributed by atoms with van der Waals surface area (Å²) >= 11 is 0. The van der Waals surface area contributed by atoms with Gasteiger partial charge in [0.25, 0.3) is 5.91 Å². The quantitative estimate of drug-likeness (QED) is 0.661. The molecule has 0 N–H and O–H groups in total. The van der Waals surface area contributed by atoms with Crippen molar-refractivity contribution >= 4 is 22.8 Å². The Morgan fingerprint density at radius 3 is 2.44 bits per heavy atom. The maximum atomic E-state index is 12.6. The number of carbonyl (C=O) groups excluding carboxylic acids is 2. The summed E-state index contributed by atoms with van der Waals surface area (Å²) in [5.74, 6) is -0.0338. The Hall–Kier alpha value is -3.35. The zero-order valence-corrected chi connectivity index (χ0v) is 14.6. The van der Waals surface area contributed by atoms with Gasteiger partial charge >= 0.3 is 5.63 Å². The standard InChI is InChI=1S/C20H18N2O5/c23-18(13-15-12-14-4-1-2-5-16(14)27-20(15)25)21-7-9-22(10-8-21)19(24)17-6-3-11-26-17/h1-6,11-12H,7-10,13H2. The smallest absolute Gasteiger partial charge is 0.339 e. The molecule has 0 unspecified atom stereocenters. The monoisotopic (exact) mass is 366 g/mol. The number of hydrogen-bond acceptors (Lipinski definition) is 5. The van der Waals surface area contributed by atoms with Gasteiger partial charge < -0.3 is 18.6 Å². The molecule has 0 aliphatic carbocycles. The Morgan fingerprint density at radius 2 is 1.70 bits per heavy atom. The van der Waals surface area contributed by atoms with Gasteiger partial charge in [0.05, 0.1) is 12.7 Å². The maximum Gasteiger partial charge on any atom is 0.339 e. The van der Waals surface area contributed by atoms with Crippen molar-refractivity contribution in [1.82, 2.24) is 9.80 Å². The Bertz CT molecular complexity index is 1030. The Labute approximate surface area is 154 Å². The molecule has 4 rings (SSSR count). The molecule has 1 saturated heterocycles. The Balaban J connectivity index is 1.41. The second-order valence-electron chi connectivity index (χ2n) is 6.42. The van der Waals surface area contributed by atoms with Crippen molar-refractivity contribution in [3.8, 4) is 0 Å². The van der Waals surface area contributed by atoms with E-state index >= 15 is 0 Å². The average Bonchev–Trinajstić information content (AvgIpc) is 3.23. The first-order valence-electron chi connectivity index (χ1n) is 8.74. The van der Waals surface area contributed by atoms with Gasteiger partial charge in [0, 0.05) is 37.1 Å². The number of benzene rings is 1. The summed E-state index contributed by atoms with van der Waals surface area (Å²) in [5.41, 5.74) is 0.352. The number of carbonyl (C=O) groups is 2. The Kier molecular flexibility index (Phi) is 4.50. The summed E-state index contributed by atoms with van der Waals surface area (Å²) in [6.07, 6.45) is 1.45. The van der Waals surface area contributed by atoms with E-state index in [2.05, 4.69) is 0 Å². The molecule has 1 aliphatic rings. The molecule has 7 nitrogen and oxygen atoms in total. The minimum Gasteiger partial charge on any atom is -0.459 e. The zero-order valence-electron chi connectivity index (χ0n) is 14.6. The third-order valence-electron chi connectivity index (χ3n) is 4.71. The van der Waals surface area contributed by atoms with E-state index in [9.17, 15) is 14.4 Å². The number of piperazine rings is 1. The molecule has 0 radical (unpaired) electrons. The maximum absolute atomic E-state index is 12.6. The lowest BCUT2D eigenvalue weighted by Crippen LogP contribution is -2.51. The molecule has 0 saturated carbocycles. The van der Waals surface area contributed by atoms with Crippen LogP contribution in [0.15, 0.2) is 62.4 Å². The predicted octanol–water partition coefficient (Wildman–Crippen LogP) is 1.91. The molecule has 3 heterocycles. The summed E-state index contributed by atoms with van der Waals surface area (Å²) in [6.45, 7) is 1.70. The number of nitrogens with zero attached hydrogens (tertiary/aromatic N) is 2. The molecule has 7 heteroatoms. The van der Waals surface area contributed by atoms with Crippen molar-refractivity contribution < 1.29 is 18.4 Å². The van der Waals surface area contributed by atoms with Gasteiger partial charge in [0.1, 0.15) is 5.58 Å². The summed E-state index contributed by atoms with van der Waals surface area (Å²) in [6, 6.07) is 12.2. The Morgan fingerprint density at radius 1 is 0.963 bits per heavy atom. The number of amides is 2. The van der Waals surface area contributed by atoms with Crippen molar-refractivity contribution in [2.45, 2.75) is 6.42 Å². The molecule has 3 aromatic rings. The molecule has 0 bridgehead atoms. The molecular formula is C20H18N2O5. The molecule has 27 heavy (non-hydrogen) atoms. The van der Waals surface area contributed by atoms with Crippen molar-refractivity contribution in [2.24, 2.45) is 0 Å². The van der Waals surface area contributed by atoms with E-state index in [1.54, 1.807) is 40.1 Å². The summed E-state index contributed by atoms with van der Waals surface area (Å²) in [5, 5.41) is 0.786. The normalized spacial score (nSPS) is 14.5. The number of furan rings is 1. The van der Waals surface area contributed by atoms with Gasteiger partial charge in [0.2, 0.25) is 5.91 Å². The van der Waals surface area contributed by atoms with Crippen LogP contribution in [0.5, 0.6) is 0 Å². The van der Waals surface area contributed by atoms with Gasteiger partial charge in [-0.05, 0) is 24.3 Å². The molecule has 2 amide bonds. The minimum absolute atomic E-state index is 0.0146. The predicted molar refractivity (Wildman–Crippen MR) is 97.4 cm³/mol. The number of hydrogen-bond donors (Lipinski definition) is 0. The summed E-state index contributed by atoms with van der Waals surface area (Å²) in [4.78, 5) is 40.3. The number of para-hydroxylation sites is 1. The van der Waals surface area contributed by atoms with E-state index in [-0.39, 0.29) is 18.2 Å². The van der Waals surface area contributed by atoms with Gasteiger partial charge in [-0.2, -0.15) is 0 Å². The largest absolute Gasteiger partial charge is 0.459 e. The molecule has 0 spiro atoms. The first kappa shape index (κ1) is 17.1. The summed E-state index contributed by atoms with van der Waals surface area (Å²) < 4.78 is 10.4. The van der Waals surface area contributed by atoms with E-state index in [1.165, 1.54) is 6.26 Å². The second kappa shape index (κ2) is 7.11. The topological polar surface area (TPSA) is 84.0 Å². The van der Waals surface area contributed by atoms with Crippen LogP contribution < -0.4 is 5.63 Å². The lowest BCUT2D eigenvalue weighted by atomic mass is 10.1. The highest BCUT2D eigenvalue weighted by Crippen LogP contribution is 2.14. The van der Waals surface area contributed by atoms with Crippen molar-refractivity contribution in [1.29, 1.82) is 0 Å². The van der Waals surface area contributed by atoms with Crippen LogP contribution in [0.25, 0.3) is 11.0 Å². The van der Waals surface area contributed by atoms with Crippen LogP contribution >= 0.6 is 0 Å². The minimum atomic E-state index is -0.492. The van der Waals surface area contributed by atoms with E-state index in [4.69, 9.17) is 8.83 Å². The van der Waals surface area contributed by atoms with E-state index < -0.39 is 5.63 Å². The van der Waals surface area contributed by atoms with Crippen LogP contribution in [-0.4, -0.2) is 47.8 Å². The third-order valence-corrected chi connectivity index (χ3v) is 4.71. The van der Waals surface area contributed by atoms with Crippen LogP contribution in [0.2, 0.25) is 0 Å². The highest BCUT2D eigenvalue weighted by molar-refractivity contribution is 5.91. The average molecular weight is 366 g/mol. The molecule has 1 fully saturated rings. The first-order chi connectivity index (χ1) is 13.1. The molecule has 0 atom stereocenters. The van der Waals surface area contributed by atoms with Crippen LogP contribution in [-0.2, 0) is 11.2 Å². The lowest BCUT2D eigenvalue weighted by Gasteiger charge is -2.34. The highest BCUT2D eigenvalue weighted by atomic mass is 16.4. The van der Waals surface area contributed by atoms with Gasteiger partial charge in [-0.3, -0.25) is 9.59 Å². The van der Waals surface area contributed by atoms with Crippen molar-refractivity contribution in [3.63, 3.8) is 0 Å². The van der Waals surface area contributed by atoms with Gasteiger partial charge in [0.15, 0.2) is 5.76 Å². The lowest BCUT2D eigenvalue weighted by molar-refractivity contribution is -0.132. The van der Waals surface area contributed by atoms with E-state index in [0.29, 0.717) is 43.1 Å². The molecule has 2 aromatic heterocycles. The van der Waals surface area contributed by atoms with Crippen molar-refractivity contribution in [3.05, 3.63) is 70.5 Å². The molecule has 1 aromatic carbocycles. The second-order valence-corrected chi connectivity index (χ2v) is 6.42. The SMILES string of the molecule is O=C(Cc1cc2ccccc2oc1=O)N1CCN(C(=O)c2ccco2)CC1. The van der Waals surface area contributed by atoms with Crippen molar-refractivity contribution in [2.75, 3.05) is 26.2 Å². The number of rotatable bonds is 3. The number of fused-ring (bicyclic) bond motifs is 1. The van der Waals surface area contributed by atoms with Crippen LogP contribution in [0, 0.1) is 0 Å². The van der Waals surface area contributed by atoms with Crippen LogP contribution in [0.3, 0.4) is 0 Å². The highest BCUT2D eigenvalue weighted by Gasteiger charge is 2.26. The summed E-state index contributed by atoms with van der Waals surface area (Å²) in [7, 11) is 0. The fourth-order valence-electron chi connectivity index (χ4n) is 3.22. The zero-order chi connectivity index (χ0) is 18.8. The fraction of sp³-hybridized carbons (Fsp3) is 0.250. The molecular weight excluding hydrogens is 348 g/mol. The van der Waals surface area contributed by atoms with Gasteiger partial charge in [-0.15, -0.1) is 0 Å². The first-order valence-corrected chi connectivity index (χ1v) is 8.74. The van der Waals surface area contributed by atoms with E-state index in [0.717, 1.165) is 5.39 Å². The van der Waals surface area contributed by atoms with Gasteiger partial charge in [-0.1, -0.05) is 18.2 Å². The van der Waals surface area contributed by atoms with Gasteiger partial charge in [-0.25, -0.2) is 4.79 Å². The fourth-order valence-corrected chi connectivity index (χ4v) is 3.22. The third kappa shape index (κ3) is 3.48. The molecule has 1 aliphatic heterocycles. The molecule has 138 valence electrons. The van der Waals surface area contributed by atoms with Crippen LogP contribution in [0.4, 0.5) is 0 Å². The van der Waals surface area contributed by atoms with Crippen LogP contribution in [0.1, 0.15) is 16.1 Å².